The van der Waals surface area contributed by atoms with E-state index in [-0.39, 0.29) is 34.3 Å². The minimum atomic E-state index is -2.81. The summed E-state index contributed by atoms with van der Waals surface area (Å²) >= 11 is 0. The van der Waals surface area contributed by atoms with Crippen LogP contribution in [-0.4, -0.2) is 51.1 Å². The predicted molar refractivity (Wildman–Crippen MR) is 163 cm³/mol. The lowest BCUT2D eigenvalue weighted by Gasteiger charge is -2.19. The van der Waals surface area contributed by atoms with E-state index in [0.29, 0.717) is 27.9 Å². The maximum atomic E-state index is 14.0. The van der Waals surface area contributed by atoms with Gasteiger partial charge >= 0.3 is 6.03 Å². The largest absolute Gasteiger partial charge is 0.485 e. The molecular weight excluding hydrogens is 605 g/mol. The number of halogens is 3. The summed E-state index contributed by atoms with van der Waals surface area (Å²) in [6, 6.07) is 14.5. The zero-order valence-corrected chi connectivity index (χ0v) is 24.7. The molecule has 3 aromatic carbocycles. The van der Waals surface area contributed by atoms with Crippen LogP contribution >= 0.6 is 0 Å². The Morgan fingerprint density at radius 3 is 2.48 bits per heavy atom. The molecule has 1 aliphatic heterocycles. The molecule has 1 fully saturated rings. The Hall–Kier alpha value is -5.79. The first-order valence-electron chi connectivity index (χ1n) is 14.0. The molecule has 0 aliphatic carbocycles. The number of para-hydroxylation sites is 1. The first-order valence-corrected chi connectivity index (χ1v) is 14.0. The van der Waals surface area contributed by atoms with Gasteiger partial charge in [0, 0.05) is 10.9 Å². The fourth-order valence-corrected chi connectivity index (χ4v) is 5.13. The van der Waals surface area contributed by atoms with E-state index >= 15 is 0 Å². The van der Waals surface area contributed by atoms with Gasteiger partial charge in [-0.3, -0.25) is 9.59 Å². The lowest BCUT2D eigenvalue weighted by atomic mass is 10.1. The molecule has 0 spiro atoms. The molecule has 14 heteroatoms. The maximum absolute atomic E-state index is 14.0. The Balaban J connectivity index is 1.31. The number of nitrogens with one attached hydrogen (secondary N) is 2. The summed E-state index contributed by atoms with van der Waals surface area (Å²) in [6.07, 6.45) is -1.50. The standard InChI is InChI=1S/C32H27F3N6O5/c1-16-10-18(46-25-7-5-4-6-20(25)33)8-9-23(16)41-29(36)19(14-37-41)28(42)22-11-17-12-26(45-15-27(34)35)24(13-21(17)38-22)40-30(43)32(2,3)39-31(40)44/h4-14,27,38H,15,36H2,1-3H3,(H,39,44). The van der Waals surface area contributed by atoms with Gasteiger partial charge in [0.15, 0.2) is 11.6 Å². The molecule has 11 nitrogen and oxygen atoms in total. The summed E-state index contributed by atoms with van der Waals surface area (Å²) in [5.74, 6) is -1.28. The smallest absolute Gasteiger partial charge is 0.329 e. The monoisotopic (exact) mass is 632 g/mol. The van der Waals surface area contributed by atoms with E-state index in [0.717, 1.165) is 4.90 Å². The lowest BCUT2D eigenvalue weighted by Crippen LogP contribution is -2.40. The van der Waals surface area contributed by atoms with Gasteiger partial charge in [-0.15, -0.1) is 0 Å². The summed E-state index contributed by atoms with van der Waals surface area (Å²) in [4.78, 5) is 43.1. The third kappa shape index (κ3) is 5.38. The average molecular weight is 633 g/mol. The number of rotatable bonds is 9. The summed E-state index contributed by atoms with van der Waals surface area (Å²) in [5.41, 5.74) is 6.81. The summed E-state index contributed by atoms with van der Waals surface area (Å²) < 4.78 is 52.5. The number of benzene rings is 3. The van der Waals surface area contributed by atoms with Crippen LogP contribution in [0, 0.1) is 12.7 Å². The van der Waals surface area contributed by atoms with Crippen molar-refractivity contribution < 1.29 is 37.0 Å². The third-order valence-corrected chi connectivity index (χ3v) is 7.42. The van der Waals surface area contributed by atoms with Crippen LogP contribution in [0.25, 0.3) is 16.6 Å². The number of nitrogens with two attached hydrogens (primary N) is 1. The Morgan fingerprint density at radius 1 is 1.04 bits per heavy atom. The number of H-pyrrole nitrogens is 1. The number of ether oxygens (including phenoxy) is 2. The van der Waals surface area contributed by atoms with Gasteiger partial charge < -0.3 is 25.5 Å². The van der Waals surface area contributed by atoms with Gasteiger partial charge in [0.1, 0.15) is 29.5 Å². The molecule has 1 aliphatic rings. The van der Waals surface area contributed by atoms with Gasteiger partial charge in [-0.2, -0.15) is 5.10 Å². The molecule has 0 bridgehead atoms. The van der Waals surface area contributed by atoms with Crippen LogP contribution in [0.4, 0.5) is 29.5 Å². The molecule has 0 unspecified atom stereocenters. The number of nitrogens with zero attached hydrogens (tertiary/aromatic N) is 3. The first kappa shape index (κ1) is 30.2. The van der Waals surface area contributed by atoms with Crippen LogP contribution in [0.15, 0.2) is 66.9 Å². The minimum Gasteiger partial charge on any atom is -0.485 e. The number of aryl methyl sites for hydroxylation is 1. The highest BCUT2D eigenvalue weighted by molar-refractivity contribution is 6.24. The molecule has 236 valence electrons. The van der Waals surface area contributed by atoms with Crippen LogP contribution in [0.5, 0.6) is 17.2 Å². The Bertz CT molecular complexity index is 2040. The fourth-order valence-electron chi connectivity index (χ4n) is 5.13. The second-order valence-electron chi connectivity index (χ2n) is 11.2. The summed E-state index contributed by atoms with van der Waals surface area (Å²) in [6.45, 7) is 3.82. The maximum Gasteiger partial charge on any atom is 0.329 e. The molecule has 1 saturated heterocycles. The quantitative estimate of drug-likeness (QED) is 0.136. The SMILES string of the molecule is Cc1cc(Oc2ccccc2F)ccc1-n1ncc(C(=O)c2cc3cc(OCC(F)F)c(N4C(=O)NC(C)(C)C4=O)cc3[nH]2)c1N. The molecule has 0 radical (unpaired) electrons. The molecule has 3 amide bonds. The van der Waals surface area contributed by atoms with Gasteiger partial charge in [-0.05, 0) is 74.9 Å². The topological polar surface area (TPSA) is 145 Å². The number of imide groups is 1. The first-order chi connectivity index (χ1) is 21.8. The van der Waals surface area contributed by atoms with Crippen molar-refractivity contribution in [2.45, 2.75) is 32.7 Å². The number of alkyl halides is 2. The summed E-state index contributed by atoms with van der Waals surface area (Å²) in [5, 5.41) is 7.24. The van der Waals surface area contributed by atoms with E-state index in [1.54, 1.807) is 37.3 Å². The zero-order valence-electron chi connectivity index (χ0n) is 24.7. The molecular formula is C32H27F3N6O5. The number of urea groups is 1. The van der Waals surface area contributed by atoms with E-state index in [9.17, 15) is 27.6 Å². The number of carbonyl (C=O) groups is 3. The van der Waals surface area contributed by atoms with Crippen molar-refractivity contribution in [2.75, 3.05) is 17.2 Å². The minimum absolute atomic E-state index is 0.0396. The van der Waals surface area contributed by atoms with Crippen molar-refractivity contribution in [3.05, 3.63) is 89.5 Å². The van der Waals surface area contributed by atoms with Gasteiger partial charge in [-0.1, -0.05) is 12.1 Å². The van der Waals surface area contributed by atoms with E-state index in [1.165, 1.54) is 55.1 Å². The van der Waals surface area contributed by atoms with E-state index in [2.05, 4.69) is 15.4 Å². The van der Waals surface area contributed by atoms with Gasteiger partial charge in [0.2, 0.25) is 5.78 Å². The third-order valence-electron chi connectivity index (χ3n) is 7.42. The second-order valence-corrected chi connectivity index (χ2v) is 11.2. The van der Waals surface area contributed by atoms with E-state index in [1.807, 2.05) is 0 Å². The van der Waals surface area contributed by atoms with Gasteiger partial charge in [0.05, 0.1) is 28.8 Å². The molecule has 2 aromatic heterocycles. The molecule has 46 heavy (non-hydrogen) atoms. The van der Waals surface area contributed by atoms with Crippen molar-refractivity contribution in [2.24, 2.45) is 0 Å². The lowest BCUT2D eigenvalue weighted by molar-refractivity contribution is -0.121. The highest BCUT2D eigenvalue weighted by Crippen LogP contribution is 2.38. The molecule has 3 heterocycles. The normalized spacial score (nSPS) is 14.3. The fraction of sp³-hybridized carbons (Fsp3) is 0.188. The molecule has 0 atom stereocenters. The molecule has 5 aromatic rings. The number of ketones is 1. The number of anilines is 2. The van der Waals surface area contributed by atoms with Crippen LogP contribution in [0.2, 0.25) is 0 Å². The molecule has 0 saturated carbocycles. The highest BCUT2D eigenvalue weighted by atomic mass is 19.3. The van der Waals surface area contributed by atoms with Crippen molar-refractivity contribution in [3.63, 3.8) is 0 Å². The number of aromatic amines is 1. The number of aromatic nitrogens is 3. The van der Waals surface area contributed by atoms with Crippen molar-refractivity contribution in [1.29, 1.82) is 0 Å². The highest BCUT2D eigenvalue weighted by Gasteiger charge is 2.46. The van der Waals surface area contributed by atoms with Crippen molar-refractivity contribution >= 4 is 40.1 Å². The molecule has 6 rings (SSSR count). The number of carbonyl (C=O) groups excluding carboxylic acids is 3. The Kier molecular flexibility index (Phi) is 7.42. The Labute approximate surface area is 259 Å². The molecule has 4 N–H and O–H groups in total. The van der Waals surface area contributed by atoms with E-state index in [4.69, 9.17) is 15.2 Å². The van der Waals surface area contributed by atoms with Gasteiger partial charge in [0.25, 0.3) is 12.3 Å². The van der Waals surface area contributed by atoms with Gasteiger partial charge in [-0.25, -0.2) is 27.5 Å². The Morgan fingerprint density at radius 2 is 1.80 bits per heavy atom. The number of fused-ring (bicyclic) bond motifs is 1. The van der Waals surface area contributed by atoms with Crippen LogP contribution in [0.3, 0.4) is 0 Å². The van der Waals surface area contributed by atoms with Crippen LogP contribution in [-0.2, 0) is 4.79 Å². The average Bonchev–Trinajstić information content (AvgIpc) is 3.65. The van der Waals surface area contributed by atoms with Crippen molar-refractivity contribution in [3.8, 4) is 22.9 Å². The number of nitrogen functional groups attached to an aromatic ring is 1. The van der Waals surface area contributed by atoms with Crippen LogP contribution in [0.1, 0.15) is 35.5 Å². The summed E-state index contributed by atoms with van der Waals surface area (Å²) in [7, 11) is 0. The zero-order chi connectivity index (χ0) is 32.9. The van der Waals surface area contributed by atoms with Crippen molar-refractivity contribution in [1.82, 2.24) is 20.1 Å². The predicted octanol–water partition coefficient (Wildman–Crippen LogP) is 5.89. The van der Waals surface area contributed by atoms with E-state index < -0.39 is 42.1 Å². The second kappa shape index (κ2) is 11.3. The number of amides is 3. The number of hydrogen-bond acceptors (Lipinski definition) is 7. The van der Waals surface area contributed by atoms with Crippen LogP contribution < -0.4 is 25.4 Å². The number of hydrogen-bond donors (Lipinski definition) is 3.